The minimum Gasteiger partial charge on any atom is -0.367 e. The van der Waals surface area contributed by atoms with Crippen molar-refractivity contribution in [2.45, 2.75) is 102 Å². The van der Waals surface area contributed by atoms with Crippen LogP contribution in [0.15, 0.2) is 47.6 Å². The Labute approximate surface area is 217 Å². The SMILES string of the molecule is CC1CN=C(CCC(=O)CC2CCC(c3ccccc3)C2)c2c(ccnc2NC2CCCCC2)C1C. The van der Waals surface area contributed by atoms with Crippen LogP contribution in [0.2, 0.25) is 0 Å². The van der Waals surface area contributed by atoms with Crippen molar-refractivity contribution in [3.05, 3.63) is 59.3 Å². The van der Waals surface area contributed by atoms with Crippen LogP contribution in [0.1, 0.15) is 113 Å². The lowest BCUT2D eigenvalue weighted by atomic mass is 9.85. The highest BCUT2D eigenvalue weighted by atomic mass is 16.1. The Hall–Kier alpha value is -2.49. The molecule has 0 saturated heterocycles. The fourth-order valence-electron chi connectivity index (χ4n) is 6.68. The minimum absolute atomic E-state index is 0.397. The second-order valence-electron chi connectivity index (χ2n) is 11.7. The van der Waals surface area contributed by atoms with Gasteiger partial charge >= 0.3 is 0 Å². The van der Waals surface area contributed by atoms with Crippen LogP contribution in [-0.4, -0.2) is 29.1 Å². The maximum absolute atomic E-state index is 13.1. The molecule has 2 aromatic rings. The number of hydrogen-bond acceptors (Lipinski definition) is 4. The topological polar surface area (TPSA) is 54.4 Å². The molecule has 1 N–H and O–H groups in total. The van der Waals surface area contributed by atoms with E-state index in [0.29, 0.717) is 41.9 Å². The van der Waals surface area contributed by atoms with Gasteiger partial charge in [-0.25, -0.2) is 4.98 Å². The number of fused-ring (bicyclic) bond motifs is 1. The third-order valence-electron chi connectivity index (χ3n) is 9.10. The van der Waals surface area contributed by atoms with Gasteiger partial charge in [-0.15, -0.1) is 0 Å². The van der Waals surface area contributed by atoms with Gasteiger partial charge < -0.3 is 5.32 Å². The number of carbonyl (C=O) groups excluding carboxylic acids is 1. The quantitative estimate of drug-likeness (QED) is 0.417. The van der Waals surface area contributed by atoms with Crippen molar-refractivity contribution in [1.82, 2.24) is 4.98 Å². The van der Waals surface area contributed by atoms with Gasteiger partial charge in [-0.05, 0) is 79.4 Å². The standard InChI is InChI=1S/C32H43N3O/c1-22-21-34-30(16-15-28(36)20-24-13-14-26(19-24)25-9-5-3-6-10-25)31-29(23(22)2)17-18-33-32(31)35-27-11-7-4-8-12-27/h3,5-6,9-10,17-18,22-24,26-27H,4,7-8,11-16,19-21H2,1-2H3,(H,33,35). The van der Waals surface area contributed by atoms with Gasteiger partial charge in [0.2, 0.25) is 0 Å². The van der Waals surface area contributed by atoms with Gasteiger partial charge in [0.25, 0.3) is 0 Å². The van der Waals surface area contributed by atoms with Crippen molar-refractivity contribution in [2.75, 3.05) is 11.9 Å². The average molecular weight is 486 g/mol. The second kappa shape index (κ2) is 11.7. The summed E-state index contributed by atoms with van der Waals surface area (Å²) < 4.78 is 0. The summed E-state index contributed by atoms with van der Waals surface area (Å²) in [4.78, 5) is 23.0. The van der Waals surface area contributed by atoms with E-state index in [1.54, 1.807) is 0 Å². The predicted molar refractivity (Wildman–Crippen MR) is 149 cm³/mol. The predicted octanol–water partition coefficient (Wildman–Crippen LogP) is 7.69. The van der Waals surface area contributed by atoms with E-state index in [1.165, 1.54) is 61.6 Å². The number of nitrogens with one attached hydrogen (secondary N) is 1. The molecule has 2 heterocycles. The first-order valence-electron chi connectivity index (χ1n) is 14.4. The molecule has 1 aromatic heterocycles. The number of nitrogens with zero attached hydrogens (tertiary/aromatic N) is 2. The summed E-state index contributed by atoms with van der Waals surface area (Å²) in [6, 6.07) is 13.5. The van der Waals surface area contributed by atoms with E-state index in [1.807, 2.05) is 6.20 Å². The molecule has 192 valence electrons. The summed E-state index contributed by atoms with van der Waals surface area (Å²) in [7, 11) is 0. The fraction of sp³-hybridized carbons (Fsp3) is 0.594. The number of Topliss-reactive ketones (excluding diaryl/α,β-unsaturated/α-hetero) is 1. The van der Waals surface area contributed by atoms with Crippen molar-refractivity contribution in [3.8, 4) is 0 Å². The normalized spacial score (nSPS) is 26.7. The molecule has 4 nitrogen and oxygen atoms in total. The Morgan fingerprint density at radius 1 is 1.00 bits per heavy atom. The molecule has 0 spiro atoms. The van der Waals surface area contributed by atoms with Gasteiger partial charge in [-0.2, -0.15) is 0 Å². The van der Waals surface area contributed by atoms with E-state index >= 15 is 0 Å². The number of rotatable bonds is 8. The Bertz CT molecular complexity index is 1060. The fourth-order valence-corrected chi connectivity index (χ4v) is 6.68. The Kier molecular flexibility index (Phi) is 8.19. The van der Waals surface area contributed by atoms with E-state index in [9.17, 15) is 4.79 Å². The van der Waals surface area contributed by atoms with Crippen molar-refractivity contribution in [3.63, 3.8) is 0 Å². The molecule has 0 radical (unpaired) electrons. The van der Waals surface area contributed by atoms with E-state index in [0.717, 1.165) is 37.3 Å². The zero-order valence-corrected chi connectivity index (χ0v) is 22.2. The van der Waals surface area contributed by atoms with E-state index in [4.69, 9.17) is 9.98 Å². The van der Waals surface area contributed by atoms with Crippen LogP contribution in [0.3, 0.4) is 0 Å². The van der Waals surface area contributed by atoms with Crippen LogP contribution in [0.4, 0.5) is 5.82 Å². The Morgan fingerprint density at radius 3 is 2.61 bits per heavy atom. The summed E-state index contributed by atoms with van der Waals surface area (Å²) >= 11 is 0. The summed E-state index contributed by atoms with van der Waals surface area (Å²) in [6.07, 6.45) is 13.9. The van der Waals surface area contributed by atoms with Crippen molar-refractivity contribution in [2.24, 2.45) is 16.8 Å². The highest BCUT2D eigenvalue weighted by molar-refractivity contribution is 6.07. The minimum atomic E-state index is 0.397. The number of benzene rings is 1. The molecule has 4 heteroatoms. The lowest BCUT2D eigenvalue weighted by Crippen LogP contribution is -2.25. The van der Waals surface area contributed by atoms with Gasteiger partial charge in [-0.3, -0.25) is 9.79 Å². The number of ketones is 1. The molecule has 2 saturated carbocycles. The summed E-state index contributed by atoms with van der Waals surface area (Å²) in [5.74, 6) is 3.44. The van der Waals surface area contributed by atoms with Crippen LogP contribution < -0.4 is 5.32 Å². The van der Waals surface area contributed by atoms with E-state index < -0.39 is 0 Å². The summed E-state index contributed by atoms with van der Waals surface area (Å²) in [5.41, 5.74) is 5.07. The maximum atomic E-state index is 13.1. The number of anilines is 1. The third-order valence-corrected chi connectivity index (χ3v) is 9.10. The second-order valence-corrected chi connectivity index (χ2v) is 11.7. The molecule has 36 heavy (non-hydrogen) atoms. The zero-order chi connectivity index (χ0) is 24.9. The first-order chi connectivity index (χ1) is 17.6. The van der Waals surface area contributed by atoms with Crippen LogP contribution in [0, 0.1) is 11.8 Å². The van der Waals surface area contributed by atoms with Gasteiger partial charge in [0.15, 0.2) is 0 Å². The molecule has 2 fully saturated rings. The molecule has 0 bridgehead atoms. The molecule has 1 aromatic carbocycles. The van der Waals surface area contributed by atoms with Crippen LogP contribution >= 0.6 is 0 Å². The summed E-state index contributed by atoms with van der Waals surface area (Å²) in [6.45, 7) is 5.44. The van der Waals surface area contributed by atoms with E-state index in [-0.39, 0.29) is 0 Å². The molecular formula is C32H43N3O. The van der Waals surface area contributed by atoms with Crippen molar-refractivity contribution >= 4 is 17.3 Å². The lowest BCUT2D eigenvalue weighted by Gasteiger charge is -2.26. The lowest BCUT2D eigenvalue weighted by molar-refractivity contribution is -0.119. The Morgan fingerprint density at radius 2 is 1.81 bits per heavy atom. The number of carbonyl (C=O) groups is 1. The average Bonchev–Trinajstić information content (AvgIpc) is 3.33. The van der Waals surface area contributed by atoms with Crippen molar-refractivity contribution in [1.29, 1.82) is 0 Å². The smallest absolute Gasteiger partial charge is 0.135 e. The molecule has 4 unspecified atom stereocenters. The maximum Gasteiger partial charge on any atom is 0.135 e. The number of pyridine rings is 1. The highest BCUT2D eigenvalue weighted by Crippen LogP contribution is 2.40. The number of aromatic nitrogens is 1. The summed E-state index contributed by atoms with van der Waals surface area (Å²) in [5, 5.41) is 3.79. The molecule has 2 aliphatic carbocycles. The van der Waals surface area contributed by atoms with Crippen LogP contribution in [-0.2, 0) is 4.79 Å². The number of aliphatic imine (C=N–C) groups is 1. The monoisotopic (exact) mass is 485 g/mol. The van der Waals surface area contributed by atoms with Crippen molar-refractivity contribution < 1.29 is 4.79 Å². The van der Waals surface area contributed by atoms with E-state index in [2.05, 4.69) is 55.6 Å². The largest absolute Gasteiger partial charge is 0.367 e. The first-order valence-corrected chi connectivity index (χ1v) is 14.4. The van der Waals surface area contributed by atoms with Gasteiger partial charge in [0.05, 0.1) is 0 Å². The molecule has 3 aliphatic rings. The highest BCUT2D eigenvalue weighted by Gasteiger charge is 2.29. The molecule has 4 atom stereocenters. The molecule has 0 amide bonds. The molecular weight excluding hydrogens is 442 g/mol. The third kappa shape index (κ3) is 5.90. The number of hydrogen-bond donors (Lipinski definition) is 1. The zero-order valence-electron chi connectivity index (χ0n) is 22.2. The van der Waals surface area contributed by atoms with Gasteiger partial charge in [0, 0.05) is 42.9 Å². The van der Waals surface area contributed by atoms with Crippen LogP contribution in [0.25, 0.3) is 0 Å². The molecule has 1 aliphatic heterocycles. The Balaban J connectivity index is 1.25. The van der Waals surface area contributed by atoms with Gasteiger partial charge in [0.1, 0.15) is 11.6 Å². The van der Waals surface area contributed by atoms with Gasteiger partial charge in [-0.1, -0.05) is 63.4 Å². The van der Waals surface area contributed by atoms with Crippen LogP contribution in [0.5, 0.6) is 0 Å². The molecule has 5 rings (SSSR count). The first kappa shape index (κ1) is 25.2.